The van der Waals surface area contributed by atoms with E-state index in [9.17, 15) is 9.59 Å². The number of nitrogens with two attached hydrogens (primary N) is 1. The summed E-state index contributed by atoms with van der Waals surface area (Å²) in [6.07, 6.45) is 0.865. The van der Waals surface area contributed by atoms with Gasteiger partial charge in [-0.2, -0.15) is 0 Å². The van der Waals surface area contributed by atoms with Crippen molar-refractivity contribution in [2.24, 2.45) is 5.73 Å². The van der Waals surface area contributed by atoms with Crippen LogP contribution in [-0.2, 0) is 11.2 Å². The van der Waals surface area contributed by atoms with Crippen molar-refractivity contribution in [1.29, 1.82) is 0 Å². The lowest BCUT2D eigenvalue weighted by molar-refractivity contribution is -0.121. The van der Waals surface area contributed by atoms with Gasteiger partial charge in [-0.1, -0.05) is 35.3 Å². The second-order valence-electron chi connectivity index (χ2n) is 4.73. The van der Waals surface area contributed by atoms with Crippen LogP contribution in [0.2, 0.25) is 10.0 Å². The van der Waals surface area contributed by atoms with E-state index in [1.54, 1.807) is 18.2 Å². The zero-order chi connectivity index (χ0) is 14.7. The van der Waals surface area contributed by atoms with E-state index >= 15 is 0 Å². The third-order valence-electron chi connectivity index (χ3n) is 3.25. The number of nitrogens with zero attached hydrogens (tertiary/aromatic N) is 1. The summed E-state index contributed by atoms with van der Waals surface area (Å²) in [4.78, 5) is 24.5. The van der Waals surface area contributed by atoms with Crippen molar-refractivity contribution in [3.63, 3.8) is 0 Å². The summed E-state index contributed by atoms with van der Waals surface area (Å²) in [7, 11) is 0. The van der Waals surface area contributed by atoms with Gasteiger partial charge in [-0.3, -0.25) is 4.79 Å². The highest BCUT2D eigenvalue weighted by atomic mass is 35.5. The Balaban J connectivity index is 1.90. The fraction of sp³-hybridized carbons (Fsp3) is 0.385. The van der Waals surface area contributed by atoms with Gasteiger partial charge in [0.1, 0.15) is 0 Å². The first-order valence-corrected chi connectivity index (χ1v) is 6.99. The molecule has 0 radical (unpaired) electrons. The maximum Gasteiger partial charge on any atom is 0.314 e. The van der Waals surface area contributed by atoms with Gasteiger partial charge in [0.2, 0.25) is 5.91 Å². The molecule has 108 valence electrons. The van der Waals surface area contributed by atoms with Crippen LogP contribution in [0.4, 0.5) is 4.79 Å². The highest BCUT2D eigenvalue weighted by molar-refractivity contribution is 6.42. The van der Waals surface area contributed by atoms with E-state index in [2.05, 4.69) is 5.32 Å². The van der Waals surface area contributed by atoms with E-state index < -0.39 is 6.03 Å². The lowest BCUT2D eigenvalue weighted by Crippen LogP contribution is -2.40. The van der Waals surface area contributed by atoms with Gasteiger partial charge >= 0.3 is 6.03 Å². The number of carbonyl (C=O) groups is 2. The van der Waals surface area contributed by atoms with Crippen LogP contribution in [0.3, 0.4) is 0 Å². The number of hydrogen-bond acceptors (Lipinski definition) is 2. The van der Waals surface area contributed by atoms with Crippen molar-refractivity contribution >= 4 is 35.1 Å². The van der Waals surface area contributed by atoms with E-state index in [1.165, 1.54) is 4.90 Å². The summed E-state index contributed by atoms with van der Waals surface area (Å²) in [5, 5.41) is 3.69. The number of hydrogen-bond donors (Lipinski definition) is 2. The fourth-order valence-electron chi connectivity index (χ4n) is 2.21. The number of benzene rings is 1. The van der Waals surface area contributed by atoms with Crippen LogP contribution in [0.25, 0.3) is 0 Å². The Morgan fingerprint density at radius 1 is 1.40 bits per heavy atom. The number of rotatable bonds is 3. The smallest absolute Gasteiger partial charge is 0.314 e. The predicted molar refractivity (Wildman–Crippen MR) is 77.9 cm³/mol. The molecule has 1 aromatic carbocycles. The molecule has 3 amide bonds. The van der Waals surface area contributed by atoms with Crippen molar-refractivity contribution in [2.45, 2.75) is 18.9 Å². The molecule has 0 saturated carbocycles. The molecule has 0 aromatic heterocycles. The summed E-state index contributed by atoms with van der Waals surface area (Å²) in [5.74, 6) is -0.148. The van der Waals surface area contributed by atoms with Crippen molar-refractivity contribution in [3.05, 3.63) is 33.8 Å². The molecule has 3 N–H and O–H groups in total. The largest absolute Gasteiger partial charge is 0.351 e. The van der Waals surface area contributed by atoms with Crippen molar-refractivity contribution in [2.75, 3.05) is 13.1 Å². The molecular formula is C13H15Cl2N3O2. The number of primary amides is 1. The summed E-state index contributed by atoms with van der Waals surface area (Å²) in [6, 6.07) is 4.67. The van der Waals surface area contributed by atoms with Gasteiger partial charge in [0.25, 0.3) is 0 Å². The van der Waals surface area contributed by atoms with Gasteiger partial charge in [-0.25, -0.2) is 4.79 Å². The number of halogens is 2. The van der Waals surface area contributed by atoms with Crippen LogP contribution in [0.1, 0.15) is 12.0 Å². The number of carbonyl (C=O) groups excluding carboxylic acids is 2. The Morgan fingerprint density at radius 3 is 2.80 bits per heavy atom. The Labute approximate surface area is 127 Å². The Bertz CT molecular complexity index is 536. The normalized spacial score (nSPS) is 18.1. The summed E-state index contributed by atoms with van der Waals surface area (Å²) < 4.78 is 0. The molecule has 2 rings (SSSR count). The van der Waals surface area contributed by atoms with Crippen LogP contribution >= 0.6 is 23.2 Å². The average Bonchev–Trinajstić information content (AvgIpc) is 2.83. The molecule has 0 unspecified atom stereocenters. The van der Waals surface area contributed by atoms with Crippen molar-refractivity contribution < 1.29 is 9.59 Å². The molecular weight excluding hydrogens is 301 g/mol. The van der Waals surface area contributed by atoms with Crippen LogP contribution in [0.15, 0.2) is 18.2 Å². The predicted octanol–water partition coefficient (Wildman–Crippen LogP) is 1.81. The van der Waals surface area contributed by atoms with E-state index in [0.29, 0.717) is 35.1 Å². The second kappa shape index (κ2) is 6.33. The molecule has 0 bridgehead atoms. The molecule has 0 aliphatic carbocycles. The van der Waals surface area contributed by atoms with Crippen molar-refractivity contribution in [1.82, 2.24) is 10.2 Å². The monoisotopic (exact) mass is 315 g/mol. The molecule has 1 heterocycles. The zero-order valence-electron chi connectivity index (χ0n) is 10.7. The molecule has 1 fully saturated rings. The molecule has 1 aliphatic rings. The Morgan fingerprint density at radius 2 is 2.15 bits per heavy atom. The maximum atomic E-state index is 12.0. The first kappa shape index (κ1) is 14.9. The standard InChI is InChI=1S/C13H15Cl2N3O2/c14-10-3-1-2-8(12(10)15)6-11(19)17-9-4-5-18(7-9)13(16)20/h1-3,9H,4-7H2,(H2,16,20)(H,17,19)/t9-/m1/s1. The lowest BCUT2D eigenvalue weighted by atomic mass is 10.1. The number of likely N-dealkylation sites (tertiary alicyclic amines) is 1. The van der Waals surface area contributed by atoms with Gasteiger partial charge in [0, 0.05) is 19.1 Å². The highest BCUT2D eigenvalue weighted by Crippen LogP contribution is 2.25. The van der Waals surface area contributed by atoms with Gasteiger partial charge < -0.3 is 16.0 Å². The Kier molecular flexibility index (Phi) is 4.73. The van der Waals surface area contributed by atoms with Gasteiger partial charge in [0.05, 0.1) is 16.5 Å². The van der Waals surface area contributed by atoms with Crippen LogP contribution in [-0.4, -0.2) is 36.0 Å². The van der Waals surface area contributed by atoms with Crippen LogP contribution in [0, 0.1) is 0 Å². The van der Waals surface area contributed by atoms with Gasteiger partial charge in [-0.15, -0.1) is 0 Å². The van der Waals surface area contributed by atoms with Crippen LogP contribution in [0.5, 0.6) is 0 Å². The minimum Gasteiger partial charge on any atom is -0.351 e. The van der Waals surface area contributed by atoms with E-state index in [-0.39, 0.29) is 18.4 Å². The summed E-state index contributed by atoms with van der Waals surface area (Å²) >= 11 is 11.9. The molecule has 20 heavy (non-hydrogen) atoms. The first-order chi connectivity index (χ1) is 9.47. The summed E-state index contributed by atoms with van der Waals surface area (Å²) in [5.41, 5.74) is 5.87. The average molecular weight is 316 g/mol. The number of nitrogens with one attached hydrogen (secondary N) is 1. The highest BCUT2D eigenvalue weighted by Gasteiger charge is 2.26. The minimum absolute atomic E-state index is 0.0621. The number of urea groups is 1. The van der Waals surface area contributed by atoms with E-state index in [0.717, 1.165) is 0 Å². The molecule has 5 nitrogen and oxygen atoms in total. The van der Waals surface area contributed by atoms with E-state index in [1.807, 2.05) is 0 Å². The molecule has 1 atom stereocenters. The van der Waals surface area contributed by atoms with Gasteiger partial charge in [-0.05, 0) is 18.1 Å². The lowest BCUT2D eigenvalue weighted by Gasteiger charge is -2.15. The number of amides is 3. The molecule has 1 aromatic rings. The third-order valence-corrected chi connectivity index (χ3v) is 4.11. The second-order valence-corrected chi connectivity index (χ2v) is 5.51. The van der Waals surface area contributed by atoms with Crippen LogP contribution < -0.4 is 11.1 Å². The van der Waals surface area contributed by atoms with Gasteiger partial charge in [0.15, 0.2) is 0 Å². The molecule has 1 aliphatic heterocycles. The fourth-order valence-corrected chi connectivity index (χ4v) is 2.60. The first-order valence-electron chi connectivity index (χ1n) is 6.24. The molecule has 7 heteroatoms. The third kappa shape index (κ3) is 3.55. The maximum absolute atomic E-state index is 12.0. The minimum atomic E-state index is -0.459. The molecule has 0 spiro atoms. The van der Waals surface area contributed by atoms with Crippen molar-refractivity contribution in [3.8, 4) is 0 Å². The quantitative estimate of drug-likeness (QED) is 0.892. The topological polar surface area (TPSA) is 75.4 Å². The Hall–Kier alpha value is -1.46. The zero-order valence-corrected chi connectivity index (χ0v) is 12.2. The summed E-state index contributed by atoms with van der Waals surface area (Å²) in [6.45, 7) is 1.02. The molecule has 1 saturated heterocycles. The van der Waals surface area contributed by atoms with E-state index in [4.69, 9.17) is 28.9 Å². The SMILES string of the molecule is NC(=O)N1CC[C@@H](NC(=O)Cc2cccc(Cl)c2Cl)C1.